The normalized spacial score (nSPS) is 12.9. The highest BCUT2D eigenvalue weighted by molar-refractivity contribution is 9.10. The average Bonchev–Trinajstić information content (AvgIpc) is 3.07. The van der Waals surface area contributed by atoms with Crippen molar-refractivity contribution in [3.05, 3.63) is 45.6 Å². The van der Waals surface area contributed by atoms with Crippen LogP contribution in [0.1, 0.15) is 30.6 Å². The smallest absolute Gasteiger partial charge is 0.0809 e. The molecule has 0 fully saturated rings. The summed E-state index contributed by atoms with van der Waals surface area (Å²) in [6, 6.07) is 4.36. The molecule has 3 aromatic heterocycles. The van der Waals surface area contributed by atoms with E-state index in [-0.39, 0.29) is 6.04 Å². The summed E-state index contributed by atoms with van der Waals surface area (Å²) in [6.45, 7) is 3.12. The van der Waals surface area contributed by atoms with Gasteiger partial charge in [0.2, 0.25) is 0 Å². The first-order valence-electron chi connectivity index (χ1n) is 6.94. The predicted molar refractivity (Wildman–Crippen MR) is 90.7 cm³/mol. The summed E-state index contributed by atoms with van der Waals surface area (Å²) in [5, 5.41) is 10.0. The minimum atomic E-state index is 0.0887. The molecule has 1 unspecified atom stereocenters. The lowest BCUT2D eigenvalue weighted by Gasteiger charge is -2.20. The van der Waals surface area contributed by atoms with Crippen molar-refractivity contribution >= 4 is 37.5 Å². The third-order valence-corrected chi connectivity index (χ3v) is 4.93. The van der Waals surface area contributed by atoms with Crippen molar-refractivity contribution < 1.29 is 0 Å². The summed E-state index contributed by atoms with van der Waals surface area (Å²) in [5.41, 5.74) is 3.35. The monoisotopic (exact) mass is 364 g/mol. The number of aryl methyl sites for hydroxylation is 1. The molecule has 3 heterocycles. The number of nitrogens with one attached hydrogen (secondary N) is 1. The zero-order valence-corrected chi connectivity index (χ0v) is 14.4. The Kier molecular flexibility index (Phi) is 4.37. The Morgan fingerprint density at radius 3 is 3.00 bits per heavy atom. The van der Waals surface area contributed by atoms with Gasteiger partial charge in [-0.05, 0) is 52.0 Å². The Morgan fingerprint density at radius 2 is 2.29 bits per heavy atom. The first kappa shape index (κ1) is 14.7. The molecule has 6 heteroatoms. The van der Waals surface area contributed by atoms with Gasteiger partial charge in [-0.15, -0.1) is 11.3 Å². The lowest BCUT2D eigenvalue weighted by molar-refractivity contribution is 0.551. The van der Waals surface area contributed by atoms with E-state index in [9.17, 15) is 0 Å². The number of pyridine rings is 1. The number of halogens is 1. The van der Waals surface area contributed by atoms with Gasteiger partial charge in [-0.1, -0.05) is 6.92 Å². The van der Waals surface area contributed by atoms with Crippen LogP contribution in [-0.2, 0) is 7.05 Å². The number of rotatable bonds is 5. The van der Waals surface area contributed by atoms with Crippen LogP contribution in [-0.4, -0.2) is 21.3 Å². The topological polar surface area (TPSA) is 42.7 Å². The van der Waals surface area contributed by atoms with Gasteiger partial charge in [0.25, 0.3) is 0 Å². The first-order valence-corrected chi connectivity index (χ1v) is 8.62. The SMILES string of the molecule is CCCNC(c1cnc2ccsc2c1)c1c(Br)cnn1C. The van der Waals surface area contributed by atoms with Gasteiger partial charge in [-0.2, -0.15) is 5.10 Å². The van der Waals surface area contributed by atoms with Crippen LogP contribution in [0.5, 0.6) is 0 Å². The summed E-state index contributed by atoms with van der Waals surface area (Å²) in [6.07, 6.45) is 4.88. The largest absolute Gasteiger partial charge is 0.305 e. The van der Waals surface area contributed by atoms with E-state index in [1.807, 2.05) is 24.1 Å². The number of nitrogens with zero attached hydrogens (tertiary/aromatic N) is 3. The van der Waals surface area contributed by atoms with E-state index in [0.29, 0.717) is 0 Å². The molecule has 0 aliphatic rings. The van der Waals surface area contributed by atoms with E-state index in [1.165, 1.54) is 10.3 Å². The Hall–Kier alpha value is -1.24. The van der Waals surface area contributed by atoms with Crippen LogP contribution in [0.4, 0.5) is 0 Å². The second-order valence-electron chi connectivity index (χ2n) is 4.96. The van der Waals surface area contributed by atoms with Crippen molar-refractivity contribution in [1.29, 1.82) is 0 Å². The maximum atomic E-state index is 4.56. The van der Waals surface area contributed by atoms with Crippen LogP contribution in [0.15, 0.2) is 34.4 Å². The van der Waals surface area contributed by atoms with E-state index in [2.05, 4.69) is 55.8 Å². The summed E-state index contributed by atoms with van der Waals surface area (Å²) in [4.78, 5) is 4.56. The van der Waals surface area contributed by atoms with Gasteiger partial charge in [0.15, 0.2) is 0 Å². The lowest BCUT2D eigenvalue weighted by Crippen LogP contribution is -2.25. The summed E-state index contributed by atoms with van der Waals surface area (Å²) >= 11 is 5.33. The van der Waals surface area contributed by atoms with Crippen LogP contribution in [0.2, 0.25) is 0 Å². The highest BCUT2D eigenvalue weighted by Gasteiger charge is 2.21. The standard InChI is InChI=1S/C15H17BrN4S/c1-3-5-17-14(15-11(16)9-19-20(15)2)10-7-13-12(18-8-10)4-6-21-13/h4,6-9,14,17H,3,5H2,1-2H3. The van der Waals surface area contributed by atoms with Gasteiger partial charge < -0.3 is 5.32 Å². The molecule has 0 saturated carbocycles. The number of thiophene rings is 1. The van der Waals surface area contributed by atoms with Crippen LogP contribution in [0.25, 0.3) is 10.2 Å². The van der Waals surface area contributed by atoms with Gasteiger partial charge in [-0.25, -0.2) is 0 Å². The maximum Gasteiger partial charge on any atom is 0.0809 e. The maximum absolute atomic E-state index is 4.56. The van der Waals surface area contributed by atoms with Gasteiger partial charge >= 0.3 is 0 Å². The molecule has 0 aliphatic heterocycles. The highest BCUT2D eigenvalue weighted by atomic mass is 79.9. The molecule has 21 heavy (non-hydrogen) atoms. The molecule has 0 aromatic carbocycles. The van der Waals surface area contributed by atoms with Crippen molar-refractivity contribution in [1.82, 2.24) is 20.1 Å². The van der Waals surface area contributed by atoms with Crippen molar-refractivity contribution in [3.63, 3.8) is 0 Å². The molecule has 4 nitrogen and oxygen atoms in total. The molecular weight excluding hydrogens is 348 g/mol. The summed E-state index contributed by atoms with van der Waals surface area (Å²) in [7, 11) is 1.97. The first-order chi connectivity index (χ1) is 10.2. The molecule has 0 aliphatic carbocycles. The highest BCUT2D eigenvalue weighted by Crippen LogP contribution is 2.30. The Morgan fingerprint density at radius 1 is 1.43 bits per heavy atom. The van der Waals surface area contributed by atoms with Gasteiger partial charge in [0.1, 0.15) is 0 Å². The third-order valence-electron chi connectivity index (χ3n) is 3.47. The number of hydrogen-bond acceptors (Lipinski definition) is 4. The Balaban J connectivity index is 2.05. The lowest BCUT2D eigenvalue weighted by atomic mass is 10.1. The molecule has 0 spiro atoms. The van der Waals surface area contributed by atoms with E-state index < -0.39 is 0 Å². The number of aromatic nitrogens is 3. The predicted octanol–water partition coefficient (Wildman–Crippen LogP) is 3.88. The molecule has 1 N–H and O–H groups in total. The Bertz CT molecular complexity index is 730. The molecule has 0 saturated heterocycles. The molecule has 0 radical (unpaired) electrons. The van der Waals surface area contributed by atoms with Crippen LogP contribution in [0, 0.1) is 0 Å². The molecule has 3 rings (SSSR count). The van der Waals surface area contributed by atoms with E-state index in [4.69, 9.17) is 0 Å². The zero-order chi connectivity index (χ0) is 14.8. The minimum absolute atomic E-state index is 0.0887. The fourth-order valence-electron chi connectivity index (χ4n) is 2.43. The van der Waals surface area contributed by atoms with E-state index in [0.717, 1.165) is 28.6 Å². The molecule has 3 aromatic rings. The molecule has 110 valence electrons. The van der Waals surface area contributed by atoms with Gasteiger partial charge in [0, 0.05) is 13.2 Å². The molecule has 0 amide bonds. The Labute approximate surface area is 136 Å². The summed E-state index contributed by atoms with van der Waals surface area (Å²) in [5.74, 6) is 0. The molecule has 0 bridgehead atoms. The quantitative estimate of drug-likeness (QED) is 0.746. The van der Waals surface area contributed by atoms with Crippen LogP contribution >= 0.6 is 27.3 Å². The third kappa shape index (κ3) is 2.88. The second-order valence-corrected chi connectivity index (χ2v) is 6.76. The van der Waals surface area contributed by atoms with Gasteiger partial charge in [-0.3, -0.25) is 9.67 Å². The van der Waals surface area contributed by atoms with Crippen LogP contribution in [0.3, 0.4) is 0 Å². The molecular formula is C15H17BrN4S. The van der Waals surface area contributed by atoms with Crippen molar-refractivity contribution in [3.8, 4) is 0 Å². The molecule has 1 atom stereocenters. The second kappa shape index (κ2) is 6.25. The van der Waals surface area contributed by atoms with E-state index in [1.54, 1.807) is 11.3 Å². The van der Waals surface area contributed by atoms with Crippen molar-refractivity contribution in [2.24, 2.45) is 7.05 Å². The average molecular weight is 365 g/mol. The van der Waals surface area contributed by atoms with Crippen molar-refractivity contribution in [2.45, 2.75) is 19.4 Å². The minimum Gasteiger partial charge on any atom is -0.305 e. The number of hydrogen-bond donors (Lipinski definition) is 1. The fraction of sp³-hybridized carbons (Fsp3) is 0.333. The van der Waals surface area contributed by atoms with Gasteiger partial charge in [0.05, 0.1) is 32.6 Å². The van der Waals surface area contributed by atoms with Crippen molar-refractivity contribution in [2.75, 3.05) is 6.54 Å². The number of fused-ring (bicyclic) bond motifs is 1. The van der Waals surface area contributed by atoms with Crippen LogP contribution < -0.4 is 5.32 Å². The summed E-state index contributed by atoms with van der Waals surface area (Å²) < 4.78 is 4.15. The van der Waals surface area contributed by atoms with E-state index >= 15 is 0 Å². The zero-order valence-electron chi connectivity index (χ0n) is 12.0. The fourth-order valence-corrected chi connectivity index (χ4v) is 3.79.